The number of hydrogen-bond donors (Lipinski definition) is 3. The number of unbranched alkanes of at least 4 members (excludes halogenated alkanes) is 3. The zero-order valence-electron chi connectivity index (χ0n) is 23.9. The minimum Gasteiger partial charge on any atom is -0.494 e. The summed E-state index contributed by atoms with van der Waals surface area (Å²) in [4.78, 5) is 43.7. The Morgan fingerprint density at radius 1 is 1.05 bits per heavy atom. The molecule has 0 radical (unpaired) electrons. The number of thioether (sulfide) groups is 1. The van der Waals surface area contributed by atoms with Crippen LogP contribution in [-0.4, -0.2) is 63.5 Å². The van der Waals surface area contributed by atoms with Gasteiger partial charge in [0.25, 0.3) is 0 Å². The molecule has 9 heteroatoms. The average molecular weight is 580 g/mol. The standard InChI is InChI=1S/C32H41N3O5S/c1-3-40-24-15-13-23(14-16-24)34-29(37)26-25-19-21(2)32(41-25)27(26)31(39)35(17-9-4-5-10-18-36)28(32)30(38)33-20-22-11-7-6-8-12-22/h6-8,11-16,21,25-28,36H,3-5,9-10,17-20H2,1-2H3,(H,33,38)(H,34,37)/t21?,25-,26+,27-,28?,32?/m0/s1. The van der Waals surface area contributed by atoms with E-state index in [1.165, 1.54) is 0 Å². The van der Waals surface area contributed by atoms with E-state index in [-0.39, 0.29) is 35.5 Å². The number of ether oxygens (including phenoxy) is 1. The number of rotatable bonds is 13. The fourth-order valence-electron chi connectivity index (χ4n) is 7.02. The number of likely N-dealkylation sites (tertiary alicyclic amines) is 1. The Balaban J connectivity index is 1.39. The highest BCUT2D eigenvalue weighted by Gasteiger charge is 2.75. The molecule has 2 aromatic rings. The van der Waals surface area contributed by atoms with Crippen molar-refractivity contribution >= 4 is 35.2 Å². The highest BCUT2D eigenvalue weighted by molar-refractivity contribution is 8.02. The maximum Gasteiger partial charge on any atom is 0.244 e. The lowest BCUT2D eigenvalue weighted by Gasteiger charge is -2.38. The third kappa shape index (κ3) is 5.71. The number of carbonyl (C=O) groups excluding carboxylic acids is 3. The summed E-state index contributed by atoms with van der Waals surface area (Å²) < 4.78 is 4.87. The summed E-state index contributed by atoms with van der Waals surface area (Å²) in [5.74, 6) is -0.584. The van der Waals surface area contributed by atoms with Crippen LogP contribution in [0.5, 0.6) is 5.75 Å². The number of anilines is 1. The molecule has 6 atom stereocenters. The second kappa shape index (κ2) is 12.9. The van der Waals surface area contributed by atoms with Gasteiger partial charge in [0.1, 0.15) is 11.8 Å². The third-order valence-electron chi connectivity index (χ3n) is 8.85. The van der Waals surface area contributed by atoms with Crippen molar-refractivity contribution in [2.75, 3.05) is 25.1 Å². The van der Waals surface area contributed by atoms with Crippen molar-refractivity contribution in [3.63, 3.8) is 0 Å². The second-order valence-corrected chi connectivity index (χ2v) is 12.9. The molecule has 3 fully saturated rings. The first-order valence-electron chi connectivity index (χ1n) is 14.8. The molecule has 3 unspecified atom stereocenters. The summed E-state index contributed by atoms with van der Waals surface area (Å²) in [6.45, 7) is 5.63. The van der Waals surface area contributed by atoms with Crippen molar-refractivity contribution in [3.05, 3.63) is 60.2 Å². The first-order valence-corrected chi connectivity index (χ1v) is 15.7. The molecule has 5 rings (SSSR count). The van der Waals surface area contributed by atoms with Gasteiger partial charge in [-0.2, -0.15) is 0 Å². The van der Waals surface area contributed by atoms with Gasteiger partial charge in [0, 0.05) is 30.6 Å². The van der Waals surface area contributed by atoms with Gasteiger partial charge in [-0.3, -0.25) is 14.4 Å². The van der Waals surface area contributed by atoms with Crippen molar-refractivity contribution in [3.8, 4) is 5.75 Å². The van der Waals surface area contributed by atoms with Crippen LogP contribution in [0.3, 0.4) is 0 Å². The van der Waals surface area contributed by atoms with E-state index < -0.39 is 22.6 Å². The summed E-state index contributed by atoms with van der Waals surface area (Å²) in [5, 5.41) is 15.3. The van der Waals surface area contributed by atoms with Gasteiger partial charge in [0.05, 0.1) is 23.2 Å². The Morgan fingerprint density at radius 2 is 1.78 bits per heavy atom. The zero-order chi connectivity index (χ0) is 29.0. The largest absolute Gasteiger partial charge is 0.494 e. The van der Waals surface area contributed by atoms with E-state index in [9.17, 15) is 14.4 Å². The Hall–Kier alpha value is -3.04. The molecule has 0 aliphatic carbocycles. The molecule has 41 heavy (non-hydrogen) atoms. The number of nitrogens with one attached hydrogen (secondary N) is 2. The zero-order valence-corrected chi connectivity index (χ0v) is 24.7. The summed E-state index contributed by atoms with van der Waals surface area (Å²) in [6.07, 6.45) is 4.01. The van der Waals surface area contributed by atoms with Crippen molar-refractivity contribution in [2.45, 2.75) is 68.5 Å². The van der Waals surface area contributed by atoms with Gasteiger partial charge >= 0.3 is 0 Å². The average Bonchev–Trinajstić information content (AvgIpc) is 3.57. The number of nitrogens with zero attached hydrogens (tertiary/aromatic N) is 1. The van der Waals surface area contributed by atoms with Crippen LogP contribution in [0.4, 0.5) is 5.69 Å². The number of fused-ring (bicyclic) bond motifs is 1. The van der Waals surface area contributed by atoms with Gasteiger partial charge in [-0.25, -0.2) is 0 Å². The molecule has 8 nitrogen and oxygen atoms in total. The first kappa shape index (κ1) is 29.5. The summed E-state index contributed by atoms with van der Waals surface area (Å²) in [5.41, 5.74) is 1.66. The first-order chi connectivity index (χ1) is 19.9. The molecule has 3 N–H and O–H groups in total. The molecule has 2 bridgehead atoms. The number of aliphatic hydroxyl groups excluding tert-OH is 1. The molecule has 3 aliphatic heterocycles. The van der Waals surface area contributed by atoms with Gasteiger partial charge in [-0.15, -0.1) is 11.8 Å². The molecule has 3 heterocycles. The van der Waals surface area contributed by atoms with E-state index in [1.54, 1.807) is 16.7 Å². The molecule has 0 aromatic heterocycles. The van der Waals surface area contributed by atoms with Crippen LogP contribution in [0.15, 0.2) is 54.6 Å². The highest BCUT2D eigenvalue weighted by atomic mass is 32.2. The van der Waals surface area contributed by atoms with Crippen molar-refractivity contribution in [2.24, 2.45) is 17.8 Å². The second-order valence-electron chi connectivity index (χ2n) is 11.4. The molecular formula is C32H41N3O5S. The van der Waals surface area contributed by atoms with Crippen molar-refractivity contribution < 1.29 is 24.2 Å². The van der Waals surface area contributed by atoms with Crippen molar-refractivity contribution in [1.82, 2.24) is 10.2 Å². The number of aliphatic hydroxyl groups is 1. The van der Waals surface area contributed by atoms with Gasteiger partial charge < -0.3 is 25.4 Å². The topological polar surface area (TPSA) is 108 Å². The van der Waals surface area contributed by atoms with E-state index in [4.69, 9.17) is 9.84 Å². The molecule has 3 amide bonds. The van der Waals surface area contributed by atoms with E-state index in [2.05, 4.69) is 17.6 Å². The predicted octanol–water partition coefficient (Wildman–Crippen LogP) is 4.23. The molecule has 220 valence electrons. The predicted molar refractivity (Wildman–Crippen MR) is 160 cm³/mol. The lowest BCUT2D eigenvalue weighted by atomic mass is 9.66. The normalized spacial score (nSPS) is 28.0. The van der Waals surface area contributed by atoms with E-state index in [0.29, 0.717) is 25.4 Å². The van der Waals surface area contributed by atoms with Crippen LogP contribution in [-0.2, 0) is 20.9 Å². The van der Waals surface area contributed by atoms with Crippen LogP contribution < -0.4 is 15.4 Å². The minimum absolute atomic E-state index is 0.0159. The van der Waals surface area contributed by atoms with Crippen LogP contribution in [0, 0.1) is 17.8 Å². The monoisotopic (exact) mass is 579 g/mol. The SMILES string of the molecule is CCOc1ccc(NC(=O)[C@@H]2[C@@H]3CC(C)C4(S3)C(C(=O)NCc3ccccc3)N(CCCCCCO)C(=O)[C@H]24)cc1. The van der Waals surface area contributed by atoms with E-state index in [1.807, 2.05) is 61.5 Å². The molecule has 3 aliphatic rings. The molecule has 2 aromatic carbocycles. The Bertz CT molecular complexity index is 1230. The van der Waals surface area contributed by atoms with Crippen LogP contribution >= 0.6 is 11.8 Å². The number of carbonyl (C=O) groups is 3. The van der Waals surface area contributed by atoms with Crippen molar-refractivity contribution in [1.29, 1.82) is 0 Å². The lowest BCUT2D eigenvalue weighted by Crippen LogP contribution is -2.56. The smallest absolute Gasteiger partial charge is 0.244 e. The number of benzene rings is 2. The van der Waals surface area contributed by atoms with Crippen LogP contribution in [0.1, 0.15) is 51.5 Å². The Labute approximate surface area is 246 Å². The van der Waals surface area contributed by atoms with E-state index >= 15 is 0 Å². The number of hydrogen-bond acceptors (Lipinski definition) is 6. The fraction of sp³-hybridized carbons (Fsp3) is 0.531. The fourth-order valence-corrected chi connectivity index (χ4v) is 9.44. The molecular weight excluding hydrogens is 538 g/mol. The summed E-state index contributed by atoms with van der Waals surface area (Å²) in [6, 6.07) is 16.4. The Kier molecular flexibility index (Phi) is 9.24. The highest BCUT2D eigenvalue weighted by Crippen LogP contribution is 2.68. The third-order valence-corrected chi connectivity index (χ3v) is 10.9. The maximum absolute atomic E-state index is 14.2. The van der Waals surface area contributed by atoms with Gasteiger partial charge in [-0.05, 0) is 61.9 Å². The Morgan fingerprint density at radius 3 is 2.49 bits per heavy atom. The summed E-state index contributed by atoms with van der Waals surface area (Å²) >= 11 is 1.69. The lowest BCUT2D eigenvalue weighted by molar-refractivity contribution is -0.139. The minimum atomic E-state index is -0.644. The van der Waals surface area contributed by atoms with E-state index in [0.717, 1.165) is 43.4 Å². The summed E-state index contributed by atoms with van der Waals surface area (Å²) in [7, 11) is 0. The molecule has 1 spiro atoms. The molecule has 0 saturated carbocycles. The van der Waals surface area contributed by atoms with Gasteiger partial charge in [-0.1, -0.05) is 50.1 Å². The number of amides is 3. The molecule has 3 saturated heterocycles. The van der Waals surface area contributed by atoms with Crippen LogP contribution in [0.25, 0.3) is 0 Å². The van der Waals surface area contributed by atoms with Gasteiger partial charge in [0.2, 0.25) is 17.7 Å². The maximum atomic E-state index is 14.2. The van der Waals surface area contributed by atoms with Gasteiger partial charge in [0.15, 0.2) is 0 Å². The van der Waals surface area contributed by atoms with Crippen LogP contribution in [0.2, 0.25) is 0 Å². The quantitative estimate of drug-likeness (QED) is 0.307.